The number of carbonyl (C=O) groups excluding carboxylic acids is 2. The highest BCUT2D eigenvalue weighted by molar-refractivity contribution is 7.86. The molecule has 5 N–H and O–H groups in total. The van der Waals surface area contributed by atoms with Gasteiger partial charge in [0.1, 0.15) is 0 Å². The van der Waals surface area contributed by atoms with E-state index in [1.54, 1.807) is 18.2 Å². The lowest BCUT2D eigenvalue weighted by atomic mass is 9.77. The highest BCUT2D eigenvalue weighted by Crippen LogP contribution is 2.52. The first kappa shape index (κ1) is 44.6. The fourth-order valence-corrected chi connectivity index (χ4v) is 9.49. The number of nitrogens with zero attached hydrogens (tertiary/aromatic N) is 2. The Morgan fingerprint density at radius 2 is 1.47 bits per heavy atom. The third-order valence-corrected chi connectivity index (χ3v) is 13.2. The minimum atomic E-state index is -4.55. The standard InChI is InChI=1S/C42H56N4O10S2/c1-41(2)32-28-30(40(49)50)18-20-34(32)45-25-12-6-10-17-39(48)44-24-23-43-38(47)16-9-5-11-22-42(3)33-29-31(58(54,55)56)19-21-35(33)46(26-13-27-57(51,52)53)37(42)15-8-4-7-14-36(41)45/h4,7-8,14-15,18-21,28-29,36H,5-6,9-13,16-17,22-27H2,1-3H3,(H,43,47)(H,44,48)(H,49,50)(H,51,52,53)(H,54,55,56)/b8-4+,14-7+,37-15-. The number of hydrogen-bond acceptors (Lipinski definition) is 9. The number of nitrogens with one attached hydrogen (secondary N) is 2. The maximum atomic E-state index is 12.6. The van der Waals surface area contributed by atoms with E-state index in [-0.39, 0.29) is 41.3 Å². The molecule has 316 valence electrons. The Morgan fingerprint density at radius 1 is 0.810 bits per heavy atom. The lowest BCUT2D eigenvalue weighted by Crippen LogP contribution is -2.40. The Labute approximate surface area is 342 Å². The normalized spacial score (nSPS) is 24.6. The molecular weight excluding hydrogens is 785 g/mol. The van der Waals surface area contributed by atoms with Crippen molar-refractivity contribution in [3.8, 4) is 0 Å². The summed E-state index contributed by atoms with van der Waals surface area (Å²) in [5.41, 5.74) is 2.92. The van der Waals surface area contributed by atoms with E-state index in [1.165, 1.54) is 12.1 Å². The molecule has 0 radical (unpaired) electrons. The van der Waals surface area contributed by atoms with Crippen molar-refractivity contribution in [2.75, 3.05) is 41.7 Å². The molecule has 2 unspecified atom stereocenters. The fourth-order valence-electron chi connectivity index (χ4n) is 8.49. The third kappa shape index (κ3) is 10.8. The Kier molecular flexibility index (Phi) is 14.3. The van der Waals surface area contributed by atoms with Crippen molar-refractivity contribution in [3.63, 3.8) is 0 Å². The minimum Gasteiger partial charge on any atom is -0.478 e. The van der Waals surface area contributed by atoms with E-state index in [1.807, 2.05) is 42.2 Å². The maximum absolute atomic E-state index is 12.6. The molecule has 0 spiro atoms. The molecule has 16 heteroatoms. The van der Waals surface area contributed by atoms with Gasteiger partial charge in [0.15, 0.2) is 0 Å². The van der Waals surface area contributed by atoms with Crippen LogP contribution in [-0.4, -0.2) is 86.8 Å². The van der Waals surface area contributed by atoms with Crippen LogP contribution in [0.1, 0.15) is 106 Å². The summed E-state index contributed by atoms with van der Waals surface area (Å²) in [5.74, 6) is -1.66. The first-order chi connectivity index (χ1) is 27.3. The van der Waals surface area contributed by atoms with Gasteiger partial charge in [-0.2, -0.15) is 16.8 Å². The number of hydrogen-bond donors (Lipinski definition) is 5. The van der Waals surface area contributed by atoms with Gasteiger partial charge < -0.3 is 25.5 Å². The number of fused-ring (bicyclic) bond motifs is 6. The van der Waals surface area contributed by atoms with Gasteiger partial charge in [-0.25, -0.2) is 4.79 Å². The SMILES string of the molecule is CC12CCCCCC(=O)NCCNC(=O)CCCCCN3c4ccc(C(=O)O)cc4C(C)(C)C3/C=C/C=C/C=C/1N(CCCS(=O)(=O)O)c1ccc(S(=O)(=O)O)cc12. The van der Waals surface area contributed by atoms with Crippen molar-refractivity contribution in [1.82, 2.24) is 10.6 Å². The van der Waals surface area contributed by atoms with E-state index in [0.29, 0.717) is 75.8 Å². The first-order valence-corrected chi connectivity index (χ1v) is 23.0. The Balaban J connectivity index is 1.52. The average molecular weight is 841 g/mol. The molecule has 0 aliphatic carbocycles. The number of benzene rings is 2. The van der Waals surface area contributed by atoms with Crippen LogP contribution < -0.4 is 20.4 Å². The van der Waals surface area contributed by atoms with Gasteiger partial charge in [-0.3, -0.25) is 18.7 Å². The van der Waals surface area contributed by atoms with E-state index < -0.39 is 42.8 Å². The largest absolute Gasteiger partial charge is 0.478 e. The van der Waals surface area contributed by atoms with Crippen molar-refractivity contribution < 1.29 is 45.4 Å². The highest BCUT2D eigenvalue weighted by Gasteiger charge is 2.44. The van der Waals surface area contributed by atoms with Gasteiger partial charge in [0.2, 0.25) is 11.8 Å². The Morgan fingerprint density at radius 3 is 2.10 bits per heavy atom. The predicted octanol–water partition coefficient (Wildman–Crippen LogP) is 5.91. The number of anilines is 2. The summed E-state index contributed by atoms with van der Waals surface area (Å²) in [5, 5.41) is 15.5. The zero-order valence-electron chi connectivity index (χ0n) is 33.4. The molecule has 2 atom stereocenters. The zero-order chi connectivity index (χ0) is 42.3. The quantitative estimate of drug-likeness (QED) is 0.215. The number of carbonyl (C=O) groups is 3. The van der Waals surface area contributed by atoms with Crippen LogP contribution in [-0.2, 0) is 40.7 Å². The number of rotatable bonds is 6. The van der Waals surface area contributed by atoms with Crippen LogP contribution in [0.4, 0.5) is 11.4 Å². The monoisotopic (exact) mass is 840 g/mol. The molecule has 0 saturated heterocycles. The van der Waals surface area contributed by atoms with Gasteiger partial charge in [-0.1, -0.05) is 57.4 Å². The Bertz CT molecular complexity index is 2180. The number of amides is 2. The zero-order valence-corrected chi connectivity index (χ0v) is 35.1. The average Bonchev–Trinajstić information content (AvgIpc) is 3.50. The van der Waals surface area contributed by atoms with Crippen LogP contribution in [0.5, 0.6) is 0 Å². The lowest BCUT2D eigenvalue weighted by molar-refractivity contribution is -0.123. The summed E-state index contributed by atoms with van der Waals surface area (Å²) in [6, 6.07) is 9.46. The van der Waals surface area contributed by atoms with Crippen LogP contribution >= 0.6 is 0 Å². The van der Waals surface area contributed by atoms with E-state index in [4.69, 9.17) is 0 Å². The van der Waals surface area contributed by atoms with Crippen molar-refractivity contribution >= 4 is 49.4 Å². The molecule has 2 aromatic rings. The second-order valence-electron chi connectivity index (χ2n) is 16.1. The number of allylic oxidation sites excluding steroid dienone is 5. The molecule has 2 aromatic carbocycles. The van der Waals surface area contributed by atoms with Crippen LogP contribution in [0.3, 0.4) is 0 Å². The molecule has 14 nitrogen and oxygen atoms in total. The second kappa shape index (κ2) is 18.6. The molecule has 0 saturated carbocycles. The molecule has 0 bridgehead atoms. The van der Waals surface area contributed by atoms with Gasteiger partial charge in [-0.05, 0) is 92.6 Å². The summed E-state index contributed by atoms with van der Waals surface area (Å²) >= 11 is 0. The van der Waals surface area contributed by atoms with Crippen LogP contribution in [0.25, 0.3) is 0 Å². The van der Waals surface area contributed by atoms with Crippen LogP contribution in [0, 0.1) is 0 Å². The molecule has 5 rings (SSSR count). The van der Waals surface area contributed by atoms with E-state index in [0.717, 1.165) is 29.8 Å². The summed E-state index contributed by atoms with van der Waals surface area (Å²) < 4.78 is 67.5. The summed E-state index contributed by atoms with van der Waals surface area (Å²) in [7, 11) is -8.80. The lowest BCUT2D eigenvalue weighted by Gasteiger charge is -2.32. The number of aromatic carboxylic acids is 1. The van der Waals surface area contributed by atoms with E-state index in [2.05, 4.69) is 35.5 Å². The molecule has 3 heterocycles. The predicted molar refractivity (Wildman–Crippen MR) is 223 cm³/mol. The molecule has 3 aliphatic heterocycles. The van der Waals surface area contributed by atoms with Crippen molar-refractivity contribution in [2.24, 2.45) is 0 Å². The van der Waals surface area contributed by atoms with Gasteiger partial charge in [-0.15, -0.1) is 0 Å². The summed E-state index contributed by atoms with van der Waals surface area (Å²) in [6.07, 6.45) is 15.3. The third-order valence-electron chi connectivity index (χ3n) is 11.5. The van der Waals surface area contributed by atoms with Gasteiger partial charge >= 0.3 is 5.97 Å². The smallest absolute Gasteiger partial charge is 0.335 e. The van der Waals surface area contributed by atoms with Crippen molar-refractivity contribution in [3.05, 3.63) is 89.2 Å². The van der Waals surface area contributed by atoms with Crippen LogP contribution in [0.15, 0.2) is 77.4 Å². The molecule has 58 heavy (non-hydrogen) atoms. The Hall–Kier alpha value is -4.51. The molecule has 0 aromatic heterocycles. The van der Waals surface area contributed by atoms with Crippen LogP contribution in [0.2, 0.25) is 0 Å². The highest BCUT2D eigenvalue weighted by atomic mass is 32.2. The van der Waals surface area contributed by atoms with E-state index >= 15 is 0 Å². The molecule has 0 fully saturated rings. The number of carboxylic acids is 1. The molecule has 2 amide bonds. The minimum absolute atomic E-state index is 0.0723. The second-order valence-corrected chi connectivity index (χ2v) is 19.1. The topological polar surface area (TPSA) is 211 Å². The summed E-state index contributed by atoms with van der Waals surface area (Å²) in [4.78, 5) is 40.9. The summed E-state index contributed by atoms with van der Waals surface area (Å²) in [6.45, 7) is 7.68. The molecule has 3 aliphatic rings. The fraction of sp³-hybridized carbons (Fsp3) is 0.500. The molecular formula is C42H56N4O10S2. The van der Waals surface area contributed by atoms with Gasteiger partial charge in [0.05, 0.1) is 22.3 Å². The van der Waals surface area contributed by atoms with Gasteiger partial charge in [0.25, 0.3) is 20.2 Å². The van der Waals surface area contributed by atoms with Crippen molar-refractivity contribution in [2.45, 2.75) is 107 Å². The van der Waals surface area contributed by atoms with Crippen molar-refractivity contribution in [1.29, 1.82) is 0 Å². The number of carboxylic acid groups (broad SMARTS) is 1. The first-order valence-electron chi connectivity index (χ1n) is 19.9. The van der Waals surface area contributed by atoms with E-state index in [9.17, 15) is 45.4 Å². The van der Waals surface area contributed by atoms with Gasteiger partial charge in [0, 0.05) is 66.9 Å². The maximum Gasteiger partial charge on any atom is 0.335 e.